The van der Waals surface area contributed by atoms with Gasteiger partial charge in [0, 0.05) is 18.1 Å². The number of furan rings is 1. The number of aromatic nitrogens is 1. The van der Waals surface area contributed by atoms with Crippen LogP contribution in [0.15, 0.2) is 65.3 Å². The van der Waals surface area contributed by atoms with E-state index in [0.29, 0.717) is 23.8 Å². The van der Waals surface area contributed by atoms with Gasteiger partial charge in [-0.2, -0.15) is 0 Å². The molecule has 1 amide bonds. The van der Waals surface area contributed by atoms with E-state index in [4.69, 9.17) is 13.9 Å². The van der Waals surface area contributed by atoms with Crippen LogP contribution in [0.25, 0.3) is 0 Å². The lowest BCUT2D eigenvalue weighted by molar-refractivity contribution is 0.0992. The van der Waals surface area contributed by atoms with E-state index in [1.807, 2.05) is 31.2 Å². The third kappa shape index (κ3) is 4.60. The summed E-state index contributed by atoms with van der Waals surface area (Å²) in [5.74, 6) is 1.96. The van der Waals surface area contributed by atoms with Crippen molar-refractivity contribution in [2.24, 2.45) is 0 Å². The highest BCUT2D eigenvalue weighted by Gasteiger charge is 2.12. The predicted octanol–water partition coefficient (Wildman–Crippen LogP) is 3.90. The monoisotopic (exact) mass is 338 g/mol. The fourth-order valence-electron chi connectivity index (χ4n) is 2.16. The molecule has 0 aliphatic heterocycles. The van der Waals surface area contributed by atoms with E-state index in [1.54, 1.807) is 36.7 Å². The molecule has 0 saturated heterocycles. The number of hydrogen-bond donors (Lipinski definition) is 1. The molecular formula is C19H18N2O4. The molecule has 2 heterocycles. The van der Waals surface area contributed by atoms with Crippen LogP contribution >= 0.6 is 0 Å². The molecule has 0 fully saturated rings. The minimum Gasteiger partial charge on any atom is -0.494 e. The lowest BCUT2D eigenvalue weighted by atomic mass is 10.3. The number of ether oxygens (including phenoxy) is 2. The standard InChI is InChI=1S/C19H18N2O4/c1-2-23-15-3-5-16(6-4-15)24-13-17-7-8-18(25-17)19(22)21-14-9-11-20-12-10-14/h3-12H,2,13H2,1H3,(H,20,21,22). The second-order valence-electron chi connectivity index (χ2n) is 5.15. The van der Waals surface area contributed by atoms with Crippen molar-refractivity contribution >= 4 is 11.6 Å². The second kappa shape index (κ2) is 8.01. The van der Waals surface area contributed by atoms with Gasteiger partial charge in [-0.1, -0.05) is 0 Å². The van der Waals surface area contributed by atoms with Crippen LogP contribution in [0.1, 0.15) is 23.2 Å². The molecule has 1 N–H and O–H groups in total. The highest BCUT2D eigenvalue weighted by Crippen LogP contribution is 2.19. The molecule has 3 aromatic rings. The number of carbonyl (C=O) groups is 1. The van der Waals surface area contributed by atoms with Crippen molar-refractivity contribution in [1.82, 2.24) is 4.98 Å². The molecule has 0 spiro atoms. The molecule has 6 nitrogen and oxygen atoms in total. The number of pyridine rings is 1. The Hall–Kier alpha value is -3.28. The van der Waals surface area contributed by atoms with Crippen molar-refractivity contribution in [3.8, 4) is 11.5 Å². The number of rotatable bonds is 7. The van der Waals surface area contributed by atoms with Crippen LogP contribution in [-0.4, -0.2) is 17.5 Å². The zero-order valence-electron chi connectivity index (χ0n) is 13.8. The molecular weight excluding hydrogens is 320 g/mol. The van der Waals surface area contributed by atoms with E-state index in [2.05, 4.69) is 10.3 Å². The number of amides is 1. The third-order valence-electron chi connectivity index (χ3n) is 3.34. The zero-order chi connectivity index (χ0) is 17.5. The van der Waals surface area contributed by atoms with Crippen molar-refractivity contribution in [3.63, 3.8) is 0 Å². The van der Waals surface area contributed by atoms with Crippen LogP contribution < -0.4 is 14.8 Å². The molecule has 25 heavy (non-hydrogen) atoms. The number of nitrogens with zero attached hydrogens (tertiary/aromatic N) is 1. The van der Waals surface area contributed by atoms with E-state index in [-0.39, 0.29) is 18.3 Å². The van der Waals surface area contributed by atoms with Crippen molar-refractivity contribution < 1.29 is 18.7 Å². The highest BCUT2D eigenvalue weighted by atomic mass is 16.5. The minimum absolute atomic E-state index is 0.224. The van der Waals surface area contributed by atoms with Crippen LogP contribution in [0.2, 0.25) is 0 Å². The highest BCUT2D eigenvalue weighted by molar-refractivity contribution is 6.02. The lowest BCUT2D eigenvalue weighted by Crippen LogP contribution is -2.10. The average molecular weight is 338 g/mol. The predicted molar refractivity (Wildman–Crippen MR) is 92.8 cm³/mol. The van der Waals surface area contributed by atoms with E-state index in [1.165, 1.54) is 0 Å². The summed E-state index contributed by atoms with van der Waals surface area (Å²) in [6, 6.07) is 14.1. The van der Waals surface area contributed by atoms with Gasteiger partial charge in [-0.25, -0.2) is 0 Å². The summed E-state index contributed by atoms with van der Waals surface area (Å²) < 4.78 is 16.6. The zero-order valence-corrected chi connectivity index (χ0v) is 13.8. The van der Waals surface area contributed by atoms with E-state index in [9.17, 15) is 4.79 Å². The first-order valence-corrected chi connectivity index (χ1v) is 7.90. The second-order valence-corrected chi connectivity index (χ2v) is 5.15. The van der Waals surface area contributed by atoms with Gasteiger partial charge < -0.3 is 19.2 Å². The molecule has 0 radical (unpaired) electrons. The number of nitrogens with one attached hydrogen (secondary N) is 1. The van der Waals surface area contributed by atoms with Gasteiger partial charge in [0.05, 0.1) is 6.61 Å². The van der Waals surface area contributed by atoms with Crippen LogP contribution in [-0.2, 0) is 6.61 Å². The summed E-state index contributed by atoms with van der Waals surface area (Å²) >= 11 is 0. The van der Waals surface area contributed by atoms with E-state index >= 15 is 0 Å². The van der Waals surface area contributed by atoms with Gasteiger partial charge in [-0.15, -0.1) is 0 Å². The van der Waals surface area contributed by atoms with Gasteiger partial charge in [0.1, 0.15) is 23.9 Å². The molecule has 0 atom stereocenters. The van der Waals surface area contributed by atoms with E-state index < -0.39 is 0 Å². The van der Waals surface area contributed by atoms with Crippen molar-refractivity contribution in [2.45, 2.75) is 13.5 Å². The third-order valence-corrected chi connectivity index (χ3v) is 3.34. The summed E-state index contributed by atoms with van der Waals surface area (Å²) in [5, 5.41) is 2.74. The Bertz CT molecular complexity index is 813. The quantitative estimate of drug-likeness (QED) is 0.707. The Kier molecular flexibility index (Phi) is 5.31. The molecule has 0 aliphatic rings. The first-order chi connectivity index (χ1) is 12.2. The maximum absolute atomic E-state index is 12.1. The van der Waals surface area contributed by atoms with Crippen LogP contribution in [0, 0.1) is 0 Å². The smallest absolute Gasteiger partial charge is 0.291 e. The molecule has 3 rings (SSSR count). The van der Waals surface area contributed by atoms with Gasteiger partial charge in [0.2, 0.25) is 0 Å². The van der Waals surface area contributed by atoms with Gasteiger partial charge in [0.25, 0.3) is 5.91 Å². The molecule has 128 valence electrons. The fraction of sp³-hybridized carbons (Fsp3) is 0.158. The van der Waals surface area contributed by atoms with Gasteiger partial charge in [-0.05, 0) is 55.5 Å². The SMILES string of the molecule is CCOc1ccc(OCc2ccc(C(=O)Nc3ccncc3)o2)cc1. The Morgan fingerprint density at radius 2 is 1.68 bits per heavy atom. The fourth-order valence-corrected chi connectivity index (χ4v) is 2.16. The van der Waals surface area contributed by atoms with Crippen LogP contribution in [0.3, 0.4) is 0 Å². The summed E-state index contributed by atoms with van der Waals surface area (Å²) in [6.45, 7) is 2.79. The summed E-state index contributed by atoms with van der Waals surface area (Å²) in [4.78, 5) is 16.0. The Morgan fingerprint density at radius 1 is 1.00 bits per heavy atom. The molecule has 0 unspecified atom stereocenters. The van der Waals surface area contributed by atoms with Gasteiger partial charge in [-0.3, -0.25) is 9.78 Å². The topological polar surface area (TPSA) is 73.6 Å². The maximum atomic E-state index is 12.1. The molecule has 6 heteroatoms. The van der Waals surface area contributed by atoms with Crippen LogP contribution in [0.5, 0.6) is 11.5 Å². The molecule has 2 aromatic heterocycles. The summed E-state index contributed by atoms with van der Waals surface area (Å²) in [5.41, 5.74) is 0.656. The number of carbonyl (C=O) groups excluding carboxylic acids is 1. The molecule has 1 aromatic carbocycles. The normalized spacial score (nSPS) is 10.3. The van der Waals surface area contributed by atoms with Crippen molar-refractivity contribution in [3.05, 3.63) is 72.4 Å². The summed E-state index contributed by atoms with van der Waals surface area (Å²) in [7, 11) is 0. The van der Waals surface area contributed by atoms with Crippen molar-refractivity contribution in [1.29, 1.82) is 0 Å². The average Bonchev–Trinajstić information content (AvgIpc) is 3.11. The summed E-state index contributed by atoms with van der Waals surface area (Å²) in [6.07, 6.45) is 3.21. The largest absolute Gasteiger partial charge is 0.494 e. The number of hydrogen-bond acceptors (Lipinski definition) is 5. The first kappa shape index (κ1) is 16.6. The molecule has 0 bridgehead atoms. The molecule has 0 aliphatic carbocycles. The lowest BCUT2D eigenvalue weighted by Gasteiger charge is -2.06. The Morgan fingerprint density at radius 3 is 2.36 bits per heavy atom. The van der Waals surface area contributed by atoms with Crippen molar-refractivity contribution in [2.75, 3.05) is 11.9 Å². The van der Waals surface area contributed by atoms with E-state index in [0.717, 1.165) is 5.75 Å². The van der Waals surface area contributed by atoms with Gasteiger partial charge in [0.15, 0.2) is 5.76 Å². The first-order valence-electron chi connectivity index (χ1n) is 7.90. The number of anilines is 1. The Labute approximate surface area is 145 Å². The van der Waals surface area contributed by atoms with Gasteiger partial charge >= 0.3 is 0 Å². The number of benzene rings is 1. The van der Waals surface area contributed by atoms with Crippen LogP contribution in [0.4, 0.5) is 5.69 Å². The Balaban J connectivity index is 1.55. The molecule has 0 saturated carbocycles. The minimum atomic E-state index is -0.321. The maximum Gasteiger partial charge on any atom is 0.291 e.